The lowest BCUT2D eigenvalue weighted by atomic mass is 10.1. The van der Waals surface area contributed by atoms with Crippen molar-refractivity contribution in [3.8, 4) is 0 Å². The second-order valence-electron chi connectivity index (χ2n) is 3.68. The van der Waals surface area contributed by atoms with Crippen molar-refractivity contribution >= 4 is 22.5 Å². The molecule has 1 heterocycles. The van der Waals surface area contributed by atoms with Crippen molar-refractivity contribution in [3.63, 3.8) is 0 Å². The number of pyridine rings is 1. The monoisotopic (exact) mass is 233 g/mol. The van der Waals surface area contributed by atoms with Gasteiger partial charge in [0.1, 0.15) is 0 Å². The minimum Gasteiger partial charge on any atom is -0.311 e. The van der Waals surface area contributed by atoms with Crippen LogP contribution >= 0.6 is 11.6 Å². The molecule has 2 nitrogen and oxygen atoms in total. The van der Waals surface area contributed by atoms with E-state index in [0.29, 0.717) is 11.4 Å². The average Bonchev–Trinajstić information content (AvgIpc) is 2.27. The van der Waals surface area contributed by atoms with E-state index in [9.17, 15) is 4.79 Å². The number of halogens is 1. The molecule has 0 aliphatic rings. The summed E-state index contributed by atoms with van der Waals surface area (Å²) in [6.45, 7) is 3.72. The van der Waals surface area contributed by atoms with E-state index in [-0.39, 0.29) is 5.56 Å². The Labute approximate surface area is 98.8 Å². The summed E-state index contributed by atoms with van der Waals surface area (Å²) in [7, 11) is 1.76. The number of aryl methyl sites for hydroxylation is 1. The van der Waals surface area contributed by atoms with Gasteiger partial charge in [-0.05, 0) is 30.2 Å². The van der Waals surface area contributed by atoms with Gasteiger partial charge >= 0.3 is 0 Å². The van der Waals surface area contributed by atoms with Gasteiger partial charge in [-0.3, -0.25) is 4.79 Å². The van der Waals surface area contributed by atoms with Gasteiger partial charge in [0.05, 0.1) is 5.52 Å². The fourth-order valence-electron chi connectivity index (χ4n) is 1.84. The second-order valence-corrected chi connectivity index (χ2v) is 4.09. The van der Waals surface area contributed by atoms with Crippen LogP contribution < -0.4 is 5.56 Å². The van der Waals surface area contributed by atoms with Gasteiger partial charge in [0.15, 0.2) is 0 Å². The molecule has 0 N–H and O–H groups in total. The number of fused-ring (bicyclic) bond motifs is 1. The predicted molar refractivity (Wildman–Crippen MR) is 68.1 cm³/mol. The first-order valence-corrected chi connectivity index (χ1v) is 5.41. The maximum Gasteiger partial charge on any atom is 0.250 e. The van der Waals surface area contributed by atoms with E-state index in [2.05, 4.69) is 6.58 Å². The van der Waals surface area contributed by atoms with Crippen molar-refractivity contribution in [1.29, 1.82) is 0 Å². The molecule has 0 saturated carbocycles. The van der Waals surface area contributed by atoms with Gasteiger partial charge in [0, 0.05) is 23.5 Å². The van der Waals surface area contributed by atoms with E-state index < -0.39 is 0 Å². The van der Waals surface area contributed by atoms with E-state index >= 15 is 0 Å². The van der Waals surface area contributed by atoms with Gasteiger partial charge in [-0.15, -0.1) is 6.58 Å². The third-order valence-electron chi connectivity index (χ3n) is 2.71. The molecule has 0 saturated heterocycles. The number of rotatable bonds is 2. The first-order valence-electron chi connectivity index (χ1n) is 5.03. The summed E-state index contributed by atoms with van der Waals surface area (Å²) in [6.07, 6.45) is 2.51. The predicted octanol–water partition coefficient (Wildman–Crippen LogP) is 2.92. The smallest absolute Gasteiger partial charge is 0.250 e. The summed E-state index contributed by atoms with van der Waals surface area (Å²) in [4.78, 5) is 11.5. The lowest BCUT2D eigenvalue weighted by Gasteiger charge is -2.09. The van der Waals surface area contributed by atoms with Crippen LogP contribution in [0.25, 0.3) is 10.9 Å². The summed E-state index contributed by atoms with van der Waals surface area (Å²) >= 11 is 6.14. The van der Waals surface area contributed by atoms with E-state index in [1.165, 1.54) is 0 Å². The molecule has 0 atom stereocenters. The minimum absolute atomic E-state index is 0.0145. The van der Waals surface area contributed by atoms with E-state index in [0.717, 1.165) is 16.5 Å². The third-order valence-corrected chi connectivity index (χ3v) is 3.06. The number of hydrogen-bond acceptors (Lipinski definition) is 1. The Bertz CT molecular complexity index is 613. The van der Waals surface area contributed by atoms with Crippen LogP contribution in [0.2, 0.25) is 5.02 Å². The standard InChI is InChI=1S/C13H12ClNO/c1-3-4-9-10-5-8-13(16)15(2)12(10)7-6-11(9)14/h3,5-8H,1,4H2,2H3. The molecule has 82 valence electrons. The first-order chi connectivity index (χ1) is 7.65. The summed E-state index contributed by atoms with van der Waals surface area (Å²) in [5, 5.41) is 1.72. The summed E-state index contributed by atoms with van der Waals surface area (Å²) < 4.78 is 1.62. The molecule has 0 unspecified atom stereocenters. The van der Waals surface area contributed by atoms with Crippen molar-refractivity contribution in [2.75, 3.05) is 0 Å². The number of aromatic nitrogens is 1. The summed E-state index contributed by atoms with van der Waals surface area (Å²) in [5.74, 6) is 0. The quantitative estimate of drug-likeness (QED) is 0.731. The van der Waals surface area contributed by atoms with Gasteiger partial charge in [-0.25, -0.2) is 0 Å². The molecule has 1 aromatic heterocycles. The van der Waals surface area contributed by atoms with Crippen molar-refractivity contribution in [2.45, 2.75) is 6.42 Å². The molecule has 0 fully saturated rings. The van der Waals surface area contributed by atoms with Gasteiger partial charge in [0.2, 0.25) is 0 Å². The lowest BCUT2D eigenvalue weighted by molar-refractivity contribution is 0.905. The molecule has 0 spiro atoms. The molecular weight excluding hydrogens is 222 g/mol. The van der Waals surface area contributed by atoms with E-state index in [1.54, 1.807) is 17.7 Å². The van der Waals surface area contributed by atoms with Crippen LogP contribution in [0.1, 0.15) is 5.56 Å². The van der Waals surface area contributed by atoms with Crippen LogP contribution in [0.3, 0.4) is 0 Å². The highest BCUT2D eigenvalue weighted by molar-refractivity contribution is 6.32. The van der Waals surface area contributed by atoms with Gasteiger partial charge in [-0.1, -0.05) is 17.7 Å². The zero-order valence-corrected chi connectivity index (χ0v) is 9.79. The van der Waals surface area contributed by atoms with Crippen LogP contribution in [-0.2, 0) is 13.5 Å². The molecule has 0 aliphatic heterocycles. The average molecular weight is 234 g/mol. The molecule has 0 bridgehead atoms. The largest absolute Gasteiger partial charge is 0.311 e. The van der Waals surface area contributed by atoms with Gasteiger partial charge < -0.3 is 4.57 Å². The Hall–Kier alpha value is -1.54. The molecule has 0 radical (unpaired) electrons. The fourth-order valence-corrected chi connectivity index (χ4v) is 2.08. The molecule has 3 heteroatoms. The molecule has 1 aromatic carbocycles. The van der Waals surface area contributed by atoms with Crippen LogP contribution in [0.4, 0.5) is 0 Å². The fraction of sp³-hybridized carbons (Fsp3) is 0.154. The maximum atomic E-state index is 11.5. The molecule has 0 aliphatic carbocycles. The van der Waals surface area contributed by atoms with Gasteiger partial charge in [0.25, 0.3) is 5.56 Å². The highest BCUT2D eigenvalue weighted by Gasteiger charge is 2.07. The molecular formula is C13H12ClNO. The molecule has 2 aromatic rings. The molecule has 16 heavy (non-hydrogen) atoms. The Morgan fingerprint density at radius 1 is 1.38 bits per heavy atom. The van der Waals surface area contributed by atoms with Crippen molar-refractivity contribution < 1.29 is 0 Å². The highest BCUT2D eigenvalue weighted by atomic mass is 35.5. The van der Waals surface area contributed by atoms with E-state index in [4.69, 9.17) is 11.6 Å². The third kappa shape index (κ3) is 1.65. The SMILES string of the molecule is C=CCc1c(Cl)ccc2c1ccc(=O)n2C. The minimum atomic E-state index is -0.0145. The number of hydrogen-bond donors (Lipinski definition) is 0. The van der Waals surface area contributed by atoms with Crippen LogP contribution in [0.5, 0.6) is 0 Å². The first kappa shape index (κ1) is 11.0. The highest BCUT2D eigenvalue weighted by Crippen LogP contribution is 2.25. The van der Waals surface area contributed by atoms with Crippen LogP contribution in [0, 0.1) is 0 Å². The number of nitrogens with zero attached hydrogens (tertiary/aromatic N) is 1. The second kappa shape index (κ2) is 4.14. The summed E-state index contributed by atoms with van der Waals surface area (Å²) in [5.41, 5.74) is 1.90. The summed E-state index contributed by atoms with van der Waals surface area (Å²) in [6, 6.07) is 7.07. The molecule has 2 rings (SSSR count). The maximum absolute atomic E-state index is 11.5. The van der Waals surface area contributed by atoms with Crippen molar-refractivity contribution in [1.82, 2.24) is 4.57 Å². The van der Waals surface area contributed by atoms with Crippen LogP contribution in [-0.4, -0.2) is 4.57 Å². The Balaban J connectivity index is 2.89. The normalized spacial score (nSPS) is 10.6. The van der Waals surface area contributed by atoms with E-state index in [1.807, 2.05) is 24.3 Å². The Morgan fingerprint density at radius 2 is 2.12 bits per heavy atom. The Kier molecular flexibility index (Phi) is 2.84. The lowest BCUT2D eigenvalue weighted by Crippen LogP contribution is -2.15. The van der Waals surface area contributed by atoms with Crippen molar-refractivity contribution in [3.05, 3.63) is 57.9 Å². The van der Waals surface area contributed by atoms with Crippen molar-refractivity contribution in [2.24, 2.45) is 7.05 Å². The van der Waals surface area contributed by atoms with Gasteiger partial charge in [-0.2, -0.15) is 0 Å². The zero-order chi connectivity index (χ0) is 11.7. The number of allylic oxidation sites excluding steroid dienone is 1. The zero-order valence-electron chi connectivity index (χ0n) is 9.03. The molecule has 0 amide bonds. The van der Waals surface area contributed by atoms with Crippen LogP contribution in [0.15, 0.2) is 41.7 Å². The topological polar surface area (TPSA) is 22.0 Å². The number of benzene rings is 1. The Morgan fingerprint density at radius 3 is 2.81 bits per heavy atom.